The van der Waals surface area contributed by atoms with E-state index in [2.05, 4.69) is 17.8 Å². The molecule has 0 aromatic carbocycles. The minimum absolute atomic E-state index is 0.143. The maximum Gasteiger partial charge on any atom is 0.165 e. The first kappa shape index (κ1) is 13.9. The molecule has 1 heterocycles. The van der Waals surface area contributed by atoms with Gasteiger partial charge in [0.05, 0.1) is 12.3 Å². The van der Waals surface area contributed by atoms with Gasteiger partial charge in [0.2, 0.25) is 0 Å². The number of hydrogen-bond acceptors (Lipinski definition) is 5. The van der Waals surface area contributed by atoms with E-state index in [1.54, 1.807) is 0 Å². The Labute approximate surface area is 114 Å². The van der Waals surface area contributed by atoms with Crippen LogP contribution in [0.3, 0.4) is 0 Å². The first-order chi connectivity index (χ1) is 8.47. The van der Waals surface area contributed by atoms with Gasteiger partial charge in [-0.05, 0) is 19.4 Å². The highest BCUT2D eigenvalue weighted by Crippen LogP contribution is 2.40. The predicted octanol–water partition coefficient (Wildman–Crippen LogP) is 2.17. The number of carbonyl (C=O) groups is 1. The number of nitrogens with zero attached hydrogens (tertiary/aromatic N) is 1. The van der Waals surface area contributed by atoms with Gasteiger partial charge < -0.3 is 8.92 Å². The number of hydrogen-bond donors (Lipinski definition) is 1. The third-order valence-corrected chi connectivity index (χ3v) is 4.01. The zero-order chi connectivity index (χ0) is 13.3. The molecule has 2 aliphatic rings. The largest absolute Gasteiger partial charge is 0.433 e. The number of ether oxygens (including phenoxy) is 1. The molecule has 0 radical (unpaired) electrons. The molecule has 1 spiro atoms. The number of thiol groups is 1. The monoisotopic (exact) mass is 271 g/mol. The molecule has 1 saturated heterocycles. The van der Waals surface area contributed by atoms with Gasteiger partial charge in [-0.2, -0.15) is 0 Å². The third-order valence-electron chi connectivity index (χ3n) is 3.79. The van der Waals surface area contributed by atoms with Crippen LogP contribution in [0.1, 0.15) is 33.1 Å². The summed E-state index contributed by atoms with van der Waals surface area (Å²) in [7, 11) is 2.02. The zero-order valence-electron chi connectivity index (χ0n) is 11.2. The molecule has 18 heavy (non-hydrogen) atoms. The molecule has 102 valence electrons. The van der Waals surface area contributed by atoms with Crippen LogP contribution in [-0.2, 0) is 13.7 Å². The van der Waals surface area contributed by atoms with E-state index in [9.17, 15) is 4.79 Å². The molecule has 0 aromatic rings. The van der Waals surface area contributed by atoms with Crippen LogP contribution in [0, 0.1) is 5.92 Å². The van der Waals surface area contributed by atoms with E-state index >= 15 is 0 Å². The highest BCUT2D eigenvalue weighted by Gasteiger charge is 2.44. The van der Waals surface area contributed by atoms with Gasteiger partial charge in [0.15, 0.2) is 5.78 Å². The molecule has 1 aliphatic carbocycles. The Balaban J connectivity index is 2.24. The van der Waals surface area contributed by atoms with E-state index in [0.717, 1.165) is 18.5 Å². The first-order valence-corrected chi connectivity index (χ1v) is 6.74. The minimum atomic E-state index is -0.375. The van der Waals surface area contributed by atoms with Crippen molar-refractivity contribution in [2.24, 2.45) is 5.92 Å². The van der Waals surface area contributed by atoms with Crippen LogP contribution in [0.5, 0.6) is 0 Å². The van der Waals surface area contributed by atoms with Gasteiger partial charge in [0, 0.05) is 37.9 Å². The maximum absolute atomic E-state index is 12.3. The van der Waals surface area contributed by atoms with Gasteiger partial charge in [-0.25, -0.2) is 0 Å². The van der Waals surface area contributed by atoms with Crippen molar-refractivity contribution in [3.63, 3.8) is 0 Å². The van der Waals surface area contributed by atoms with Crippen molar-refractivity contribution in [3.8, 4) is 0 Å². The lowest BCUT2D eigenvalue weighted by molar-refractivity contribution is -0.151. The van der Waals surface area contributed by atoms with Gasteiger partial charge in [0.25, 0.3) is 0 Å². The molecule has 0 bridgehead atoms. The summed E-state index contributed by atoms with van der Waals surface area (Å²) in [5.74, 6) is 1.00. The highest BCUT2D eigenvalue weighted by atomic mass is 32.1. The Hall–Kier alpha value is -0.520. The van der Waals surface area contributed by atoms with Crippen LogP contribution < -0.4 is 0 Å². The normalized spacial score (nSPS) is 30.4. The molecule has 5 heteroatoms. The summed E-state index contributed by atoms with van der Waals surface area (Å²) >= 11 is 3.90. The Morgan fingerprint density at radius 1 is 1.44 bits per heavy atom. The van der Waals surface area contributed by atoms with Crippen molar-refractivity contribution in [2.75, 3.05) is 20.3 Å². The number of Topliss-reactive ketones (excluding diaryl/α,β-unsaturated/α-hetero) is 1. The van der Waals surface area contributed by atoms with Gasteiger partial charge in [0.1, 0.15) is 5.76 Å². The lowest BCUT2D eigenvalue weighted by Gasteiger charge is -2.43. The molecule has 4 nitrogen and oxygen atoms in total. The van der Waals surface area contributed by atoms with Gasteiger partial charge in [-0.1, -0.05) is 13.8 Å². The van der Waals surface area contributed by atoms with E-state index in [-0.39, 0.29) is 17.3 Å². The second kappa shape index (κ2) is 5.23. The number of rotatable bonds is 2. The third kappa shape index (κ3) is 2.58. The minimum Gasteiger partial charge on any atom is -0.433 e. The quantitative estimate of drug-likeness (QED) is 0.617. The number of allylic oxidation sites excluding steroid dienone is 1. The van der Waals surface area contributed by atoms with E-state index in [1.165, 1.54) is 0 Å². The zero-order valence-corrected chi connectivity index (χ0v) is 12.1. The molecular formula is C13H21NO3S. The van der Waals surface area contributed by atoms with E-state index in [0.29, 0.717) is 25.3 Å². The van der Waals surface area contributed by atoms with Crippen molar-refractivity contribution in [1.29, 1.82) is 0 Å². The fraction of sp³-hybridized carbons (Fsp3) is 0.769. The molecule has 0 saturated carbocycles. The van der Waals surface area contributed by atoms with Crippen molar-refractivity contribution in [2.45, 2.75) is 38.7 Å². The molecule has 1 atom stereocenters. The SMILES string of the molecule is CC(C)C1=C(OS)CC2(CCN(C)CO2)CC1=O. The average Bonchev–Trinajstić information content (AvgIpc) is 2.32. The van der Waals surface area contributed by atoms with E-state index in [1.807, 2.05) is 20.9 Å². The summed E-state index contributed by atoms with van der Waals surface area (Å²) in [6.07, 6.45) is 1.99. The van der Waals surface area contributed by atoms with Crippen molar-refractivity contribution >= 4 is 18.7 Å². The second-order valence-electron chi connectivity index (χ2n) is 5.65. The van der Waals surface area contributed by atoms with Crippen molar-refractivity contribution in [1.82, 2.24) is 4.90 Å². The lowest BCUT2D eigenvalue weighted by Crippen LogP contribution is -2.49. The Kier molecular flexibility index (Phi) is 4.04. The summed E-state index contributed by atoms with van der Waals surface area (Å²) in [6, 6.07) is 0. The smallest absolute Gasteiger partial charge is 0.165 e. The molecular weight excluding hydrogens is 250 g/mol. The van der Waals surface area contributed by atoms with Crippen LogP contribution in [0.15, 0.2) is 11.3 Å². The van der Waals surface area contributed by atoms with Crippen LogP contribution >= 0.6 is 12.9 Å². The van der Waals surface area contributed by atoms with Gasteiger partial charge >= 0.3 is 0 Å². The molecule has 0 aromatic heterocycles. The van der Waals surface area contributed by atoms with Crippen LogP contribution in [-0.4, -0.2) is 36.6 Å². The topological polar surface area (TPSA) is 38.8 Å². The Morgan fingerprint density at radius 3 is 2.67 bits per heavy atom. The van der Waals surface area contributed by atoms with E-state index in [4.69, 9.17) is 8.92 Å². The number of carbonyl (C=O) groups excluding carboxylic acids is 1. The molecule has 1 unspecified atom stereocenters. The predicted molar refractivity (Wildman–Crippen MR) is 72.1 cm³/mol. The summed E-state index contributed by atoms with van der Waals surface area (Å²) in [5.41, 5.74) is 0.401. The first-order valence-electron chi connectivity index (χ1n) is 6.37. The molecule has 1 aliphatic heterocycles. The summed E-state index contributed by atoms with van der Waals surface area (Å²) in [5, 5.41) is 0. The fourth-order valence-electron chi connectivity index (χ4n) is 2.78. The van der Waals surface area contributed by atoms with Crippen LogP contribution in [0.4, 0.5) is 0 Å². The summed E-state index contributed by atoms with van der Waals surface area (Å²) < 4.78 is 11.1. The Bertz CT molecular complexity index is 370. The van der Waals surface area contributed by atoms with Crippen molar-refractivity contribution in [3.05, 3.63) is 11.3 Å². The van der Waals surface area contributed by atoms with Crippen molar-refractivity contribution < 1.29 is 13.7 Å². The van der Waals surface area contributed by atoms with E-state index < -0.39 is 0 Å². The summed E-state index contributed by atoms with van der Waals surface area (Å²) in [6.45, 7) is 5.54. The fourth-order valence-corrected chi connectivity index (χ4v) is 2.94. The molecule has 0 amide bonds. The standard InChI is InChI=1S/C13H21NO3S/c1-9(2)12-10(15)6-13(7-11(12)17-18)4-5-14(3)8-16-13/h9,18H,4-8H2,1-3H3. The highest BCUT2D eigenvalue weighted by molar-refractivity contribution is 7.75. The maximum atomic E-state index is 12.3. The molecule has 2 rings (SSSR count). The van der Waals surface area contributed by atoms with Gasteiger partial charge in [-0.15, -0.1) is 0 Å². The van der Waals surface area contributed by atoms with Crippen LogP contribution in [0.2, 0.25) is 0 Å². The molecule has 1 fully saturated rings. The van der Waals surface area contributed by atoms with Gasteiger partial charge in [-0.3, -0.25) is 9.69 Å². The Morgan fingerprint density at radius 2 is 2.17 bits per heavy atom. The average molecular weight is 271 g/mol. The lowest BCUT2D eigenvalue weighted by atomic mass is 9.77. The summed E-state index contributed by atoms with van der Waals surface area (Å²) in [4.78, 5) is 14.4. The molecule has 0 N–H and O–H groups in total. The second-order valence-corrected chi connectivity index (χ2v) is 5.83. The number of ketones is 1. The van der Waals surface area contributed by atoms with Crippen LogP contribution in [0.25, 0.3) is 0 Å².